The number of hydrogen-bond acceptors (Lipinski definition) is 2. The van der Waals surface area contributed by atoms with E-state index in [0.29, 0.717) is 5.88 Å². The number of hydrogen-bond donors (Lipinski definition) is 1. The fraction of sp³-hybridized carbons (Fsp3) is 0.600. The van der Waals surface area contributed by atoms with Crippen molar-refractivity contribution in [1.82, 2.24) is 5.32 Å². The molecule has 0 amide bonds. The Labute approximate surface area is 89.1 Å². The van der Waals surface area contributed by atoms with Crippen molar-refractivity contribution in [3.05, 3.63) is 22.4 Å². The van der Waals surface area contributed by atoms with E-state index in [4.69, 9.17) is 11.6 Å². The quantitative estimate of drug-likeness (QED) is 0.747. The fourth-order valence-electron chi connectivity index (χ4n) is 1.06. The molecule has 0 atom stereocenters. The van der Waals surface area contributed by atoms with Crippen molar-refractivity contribution in [3.8, 4) is 0 Å². The van der Waals surface area contributed by atoms with Crippen molar-refractivity contribution in [2.45, 2.75) is 32.4 Å². The summed E-state index contributed by atoms with van der Waals surface area (Å²) >= 11 is 7.50. The highest BCUT2D eigenvalue weighted by Gasteiger charge is 2.15. The Morgan fingerprint density at radius 2 is 2.31 bits per heavy atom. The largest absolute Gasteiger partial charge is 0.307 e. The van der Waals surface area contributed by atoms with Gasteiger partial charge in [0.15, 0.2) is 0 Å². The summed E-state index contributed by atoms with van der Waals surface area (Å²) in [5.74, 6) is 0.713. The number of thiophene rings is 1. The second kappa shape index (κ2) is 4.99. The molecule has 0 aromatic carbocycles. The highest BCUT2D eigenvalue weighted by atomic mass is 35.5. The molecule has 74 valence electrons. The SMILES string of the molecule is CC(C)(CCCl)NCc1cccs1. The van der Waals surface area contributed by atoms with Crippen LogP contribution < -0.4 is 5.32 Å². The lowest BCUT2D eigenvalue weighted by Gasteiger charge is -2.25. The summed E-state index contributed by atoms with van der Waals surface area (Å²) in [7, 11) is 0. The molecule has 1 aromatic heterocycles. The zero-order valence-corrected chi connectivity index (χ0v) is 9.71. The highest BCUT2D eigenvalue weighted by molar-refractivity contribution is 7.09. The summed E-state index contributed by atoms with van der Waals surface area (Å²) in [4.78, 5) is 1.38. The van der Waals surface area contributed by atoms with Gasteiger partial charge in [0.05, 0.1) is 0 Å². The number of rotatable bonds is 5. The van der Waals surface area contributed by atoms with Crippen LogP contribution in [0.15, 0.2) is 17.5 Å². The molecule has 1 aromatic rings. The molecule has 1 rings (SSSR count). The zero-order chi connectivity index (χ0) is 9.73. The van der Waals surface area contributed by atoms with Gasteiger partial charge in [-0.15, -0.1) is 22.9 Å². The van der Waals surface area contributed by atoms with Crippen LogP contribution in [0.1, 0.15) is 25.1 Å². The lowest BCUT2D eigenvalue weighted by Crippen LogP contribution is -2.38. The van der Waals surface area contributed by atoms with Gasteiger partial charge < -0.3 is 5.32 Å². The van der Waals surface area contributed by atoms with Crippen LogP contribution in [0.25, 0.3) is 0 Å². The van der Waals surface area contributed by atoms with Crippen LogP contribution >= 0.6 is 22.9 Å². The minimum atomic E-state index is 0.145. The third kappa shape index (κ3) is 4.12. The van der Waals surface area contributed by atoms with Gasteiger partial charge in [0.1, 0.15) is 0 Å². The van der Waals surface area contributed by atoms with Crippen LogP contribution in [0.3, 0.4) is 0 Å². The fourth-order valence-corrected chi connectivity index (χ4v) is 2.18. The molecule has 0 spiro atoms. The standard InChI is InChI=1S/C10H16ClNS/c1-10(2,5-6-11)12-8-9-4-3-7-13-9/h3-4,7,12H,5-6,8H2,1-2H3. The molecule has 0 aliphatic carbocycles. The van der Waals surface area contributed by atoms with E-state index in [-0.39, 0.29) is 5.54 Å². The molecule has 0 unspecified atom stereocenters. The van der Waals surface area contributed by atoms with E-state index in [0.717, 1.165) is 13.0 Å². The summed E-state index contributed by atoms with van der Waals surface area (Å²) in [6.07, 6.45) is 1.000. The number of alkyl halides is 1. The highest BCUT2D eigenvalue weighted by Crippen LogP contribution is 2.13. The molecule has 0 bridgehead atoms. The molecule has 0 aliphatic heterocycles. The first-order valence-corrected chi connectivity index (χ1v) is 5.89. The lowest BCUT2D eigenvalue weighted by atomic mass is 10.0. The topological polar surface area (TPSA) is 12.0 Å². The zero-order valence-electron chi connectivity index (χ0n) is 8.14. The van der Waals surface area contributed by atoms with E-state index in [9.17, 15) is 0 Å². The van der Waals surface area contributed by atoms with E-state index < -0.39 is 0 Å². The molecule has 0 saturated carbocycles. The summed E-state index contributed by atoms with van der Waals surface area (Å²) in [6, 6.07) is 4.23. The van der Waals surface area contributed by atoms with Crippen molar-refractivity contribution >= 4 is 22.9 Å². The molecular formula is C10H16ClNS. The maximum atomic E-state index is 5.71. The Balaban J connectivity index is 2.33. The van der Waals surface area contributed by atoms with Gasteiger partial charge in [0.25, 0.3) is 0 Å². The van der Waals surface area contributed by atoms with E-state index in [1.807, 2.05) is 0 Å². The van der Waals surface area contributed by atoms with Crippen molar-refractivity contribution in [1.29, 1.82) is 0 Å². The lowest BCUT2D eigenvalue weighted by molar-refractivity contribution is 0.378. The van der Waals surface area contributed by atoms with Gasteiger partial charge in [-0.3, -0.25) is 0 Å². The summed E-state index contributed by atoms with van der Waals surface area (Å²) in [5.41, 5.74) is 0.145. The van der Waals surface area contributed by atoms with Crippen molar-refractivity contribution in [2.75, 3.05) is 5.88 Å². The van der Waals surface area contributed by atoms with Gasteiger partial charge in [0.2, 0.25) is 0 Å². The Hall–Kier alpha value is -0.0500. The van der Waals surface area contributed by atoms with E-state index >= 15 is 0 Å². The Kier molecular flexibility index (Phi) is 4.23. The van der Waals surface area contributed by atoms with Gasteiger partial charge in [-0.2, -0.15) is 0 Å². The minimum Gasteiger partial charge on any atom is -0.307 e. The predicted octanol–water partition coefficient (Wildman–Crippen LogP) is 3.25. The summed E-state index contributed by atoms with van der Waals surface area (Å²) in [6.45, 7) is 5.31. The molecule has 0 aliphatic rings. The van der Waals surface area contributed by atoms with Crippen molar-refractivity contribution in [2.24, 2.45) is 0 Å². The maximum absolute atomic E-state index is 5.71. The second-order valence-corrected chi connectivity index (χ2v) is 5.17. The van der Waals surface area contributed by atoms with Crippen LogP contribution in [0.2, 0.25) is 0 Å². The molecule has 1 N–H and O–H groups in total. The van der Waals surface area contributed by atoms with Crippen LogP contribution in [-0.4, -0.2) is 11.4 Å². The van der Waals surface area contributed by atoms with Crippen LogP contribution in [0.5, 0.6) is 0 Å². The molecule has 3 heteroatoms. The van der Waals surface area contributed by atoms with Crippen molar-refractivity contribution in [3.63, 3.8) is 0 Å². The van der Waals surface area contributed by atoms with Gasteiger partial charge in [0, 0.05) is 22.8 Å². The smallest absolute Gasteiger partial charge is 0.0304 e. The Morgan fingerprint density at radius 1 is 1.54 bits per heavy atom. The van der Waals surface area contributed by atoms with Gasteiger partial charge >= 0.3 is 0 Å². The molecular weight excluding hydrogens is 202 g/mol. The Bertz CT molecular complexity index is 231. The minimum absolute atomic E-state index is 0.145. The van der Waals surface area contributed by atoms with E-state index in [1.165, 1.54) is 4.88 Å². The molecule has 13 heavy (non-hydrogen) atoms. The molecule has 0 radical (unpaired) electrons. The first-order valence-electron chi connectivity index (χ1n) is 4.47. The monoisotopic (exact) mass is 217 g/mol. The first kappa shape index (κ1) is 11.0. The maximum Gasteiger partial charge on any atom is 0.0304 e. The predicted molar refractivity (Wildman–Crippen MR) is 60.6 cm³/mol. The molecule has 1 heterocycles. The Morgan fingerprint density at radius 3 is 2.85 bits per heavy atom. The molecule has 0 saturated heterocycles. The average molecular weight is 218 g/mol. The summed E-state index contributed by atoms with van der Waals surface area (Å²) < 4.78 is 0. The average Bonchev–Trinajstić information content (AvgIpc) is 2.52. The first-order chi connectivity index (χ1) is 6.14. The van der Waals surface area contributed by atoms with E-state index in [2.05, 4.69) is 36.7 Å². The van der Waals surface area contributed by atoms with Gasteiger partial charge in [-0.05, 0) is 31.7 Å². The number of halogens is 1. The van der Waals surface area contributed by atoms with Gasteiger partial charge in [-0.25, -0.2) is 0 Å². The third-order valence-corrected chi connectivity index (χ3v) is 3.11. The van der Waals surface area contributed by atoms with Crippen LogP contribution in [0.4, 0.5) is 0 Å². The number of nitrogens with one attached hydrogen (secondary N) is 1. The second-order valence-electron chi connectivity index (χ2n) is 3.76. The van der Waals surface area contributed by atoms with Crippen molar-refractivity contribution < 1.29 is 0 Å². The van der Waals surface area contributed by atoms with Gasteiger partial charge in [-0.1, -0.05) is 6.07 Å². The van der Waals surface area contributed by atoms with Crippen LogP contribution in [0, 0.1) is 0 Å². The third-order valence-electron chi connectivity index (χ3n) is 2.04. The van der Waals surface area contributed by atoms with Crippen LogP contribution in [-0.2, 0) is 6.54 Å². The molecule has 1 nitrogen and oxygen atoms in total. The molecule has 0 fully saturated rings. The summed E-state index contributed by atoms with van der Waals surface area (Å²) in [5, 5.41) is 5.59. The normalized spacial score (nSPS) is 11.9. The van der Waals surface area contributed by atoms with E-state index in [1.54, 1.807) is 11.3 Å².